The molecule has 0 heterocycles. The summed E-state index contributed by atoms with van der Waals surface area (Å²) in [5, 5.41) is 3.31. The van der Waals surface area contributed by atoms with Crippen LogP contribution in [0.3, 0.4) is 0 Å². The summed E-state index contributed by atoms with van der Waals surface area (Å²) >= 11 is 12.1. The minimum atomic E-state index is -0.384. The number of anilines is 1. The first-order valence-corrected chi connectivity index (χ1v) is 8.87. The second-order valence-electron chi connectivity index (χ2n) is 5.66. The van der Waals surface area contributed by atoms with Crippen LogP contribution < -0.4 is 10.1 Å². The molecular weight excluding hydrogens is 375 g/mol. The third-order valence-corrected chi connectivity index (χ3v) is 4.28. The number of nitrogens with zero attached hydrogens (tertiary/aromatic N) is 1. The largest absolute Gasteiger partial charge is 0.484 e. The fourth-order valence-corrected chi connectivity index (χ4v) is 2.78. The predicted octanol–water partition coefficient (Wildman–Crippen LogP) is 4.17. The van der Waals surface area contributed by atoms with Crippen LogP contribution in [0.5, 0.6) is 5.75 Å². The summed E-state index contributed by atoms with van der Waals surface area (Å²) in [5.74, 6) is -0.0538. The Balaban J connectivity index is 1.93. The van der Waals surface area contributed by atoms with Crippen molar-refractivity contribution in [1.29, 1.82) is 0 Å². The van der Waals surface area contributed by atoms with Crippen LogP contribution in [0.1, 0.15) is 12.5 Å². The highest BCUT2D eigenvalue weighted by molar-refractivity contribution is 6.39. The van der Waals surface area contributed by atoms with Crippen LogP contribution in [-0.4, -0.2) is 36.4 Å². The zero-order valence-electron chi connectivity index (χ0n) is 14.6. The number of nitrogens with one attached hydrogen (secondary N) is 1. The Hall–Kier alpha value is -2.24. The van der Waals surface area contributed by atoms with Crippen LogP contribution in [-0.2, 0) is 9.59 Å². The van der Waals surface area contributed by atoms with Crippen molar-refractivity contribution in [3.63, 3.8) is 0 Å². The van der Waals surface area contributed by atoms with Crippen molar-refractivity contribution in [3.8, 4) is 5.75 Å². The van der Waals surface area contributed by atoms with Gasteiger partial charge in [-0.25, -0.2) is 0 Å². The van der Waals surface area contributed by atoms with Gasteiger partial charge in [0.2, 0.25) is 5.91 Å². The predicted molar refractivity (Wildman–Crippen MR) is 104 cm³/mol. The zero-order chi connectivity index (χ0) is 19.1. The van der Waals surface area contributed by atoms with Gasteiger partial charge in [0.25, 0.3) is 5.91 Å². The molecule has 0 saturated heterocycles. The average Bonchev–Trinajstić information content (AvgIpc) is 2.61. The molecule has 2 aromatic rings. The molecule has 7 heteroatoms. The summed E-state index contributed by atoms with van der Waals surface area (Å²) in [7, 11) is 0. The van der Waals surface area contributed by atoms with Crippen molar-refractivity contribution in [2.75, 3.05) is 25.0 Å². The van der Waals surface area contributed by atoms with Crippen LogP contribution in [0.15, 0.2) is 42.5 Å². The number of amides is 2. The fourth-order valence-electron chi connectivity index (χ4n) is 2.29. The van der Waals surface area contributed by atoms with Gasteiger partial charge in [0.05, 0.1) is 22.3 Å². The molecule has 138 valence electrons. The summed E-state index contributed by atoms with van der Waals surface area (Å²) in [6.07, 6.45) is 0. The monoisotopic (exact) mass is 394 g/mol. The van der Waals surface area contributed by atoms with Crippen LogP contribution in [0.2, 0.25) is 10.0 Å². The highest BCUT2D eigenvalue weighted by Gasteiger charge is 2.18. The molecule has 0 unspecified atom stereocenters. The Morgan fingerprint density at radius 1 is 1.12 bits per heavy atom. The first-order chi connectivity index (χ1) is 12.4. The molecule has 1 N–H and O–H groups in total. The van der Waals surface area contributed by atoms with Crippen molar-refractivity contribution in [3.05, 3.63) is 58.1 Å². The van der Waals surface area contributed by atoms with E-state index in [1.165, 1.54) is 4.90 Å². The van der Waals surface area contributed by atoms with E-state index in [9.17, 15) is 9.59 Å². The Bertz CT molecular complexity index is 776. The summed E-state index contributed by atoms with van der Waals surface area (Å²) in [4.78, 5) is 26.0. The van der Waals surface area contributed by atoms with E-state index >= 15 is 0 Å². The Labute approximate surface area is 162 Å². The molecule has 26 heavy (non-hydrogen) atoms. The lowest BCUT2D eigenvalue weighted by Crippen LogP contribution is -2.40. The highest BCUT2D eigenvalue weighted by atomic mass is 35.5. The molecule has 0 aliphatic rings. The molecule has 2 aromatic carbocycles. The minimum absolute atomic E-state index is 0.117. The summed E-state index contributed by atoms with van der Waals surface area (Å²) in [5.41, 5.74) is 1.37. The molecule has 0 saturated carbocycles. The van der Waals surface area contributed by atoms with E-state index in [0.717, 1.165) is 5.56 Å². The second kappa shape index (κ2) is 9.46. The SMILES string of the molecule is CCN(CC(=O)Nc1c(Cl)cccc1Cl)C(=O)COc1cccc(C)c1. The maximum atomic E-state index is 12.3. The van der Waals surface area contributed by atoms with Gasteiger partial charge in [0, 0.05) is 6.54 Å². The number of likely N-dealkylation sites (N-methyl/N-ethyl adjacent to an activating group) is 1. The van der Waals surface area contributed by atoms with E-state index in [1.807, 2.05) is 25.1 Å². The maximum Gasteiger partial charge on any atom is 0.260 e. The van der Waals surface area contributed by atoms with Crippen molar-refractivity contribution in [1.82, 2.24) is 4.90 Å². The van der Waals surface area contributed by atoms with Crippen molar-refractivity contribution in [2.45, 2.75) is 13.8 Å². The van der Waals surface area contributed by atoms with Gasteiger partial charge in [-0.1, -0.05) is 41.4 Å². The highest BCUT2D eigenvalue weighted by Crippen LogP contribution is 2.29. The van der Waals surface area contributed by atoms with Crippen molar-refractivity contribution in [2.24, 2.45) is 0 Å². The molecule has 0 fully saturated rings. The number of para-hydroxylation sites is 1. The summed E-state index contributed by atoms with van der Waals surface area (Å²) in [6, 6.07) is 12.4. The number of ether oxygens (including phenoxy) is 1. The lowest BCUT2D eigenvalue weighted by atomic mass is 10.2. The third-order valence-electron chi connectivity index (χ3n) is 3.65. The van der Waals surface area contributed by atoms with E-state index < -0.39 is 0 Å². The molecule has 0 atom stereocenters. The van der Waals surface area contributed by atoms with Gasteiger partial charge in [0.1, 0.15) is 5.75 Å². The van der Waals surface area contributed by atoms with Crippen LogP contribution >= 0.6 is 23.2 Å². The summed E-state index contributed by atoms with van der Waals surface area (Å²) in [6.45, 7) is 3.85. The molecule has 0 aliphatic heterocycles. The molecule has 0 bridgehead atoms. The van der Waals surface area contributed by atoms with Gasteiger partial charge in [-0.2, -0.15) is 0 Å². The molecule has 2 amide bonds. The number of carbonyl (C=O) groups excluding carboxylic acids is 2. The van der Waals surface area contributed by atoms with E-state index in [-0.39, 0.29) is 25.0 Å². The smallest absolute Gasteiger partial charge is 0.260 e. The van der Waals surface area contributed by atoms with Gasteiger partial charge in [0.15, 0.2) is 6.61 Å². The quantitative estimate of drug-likeness (QED) is 0.766. The molecule has 5 nitrogen and oxygen atoms in total. The molecular formula is C19H20Cl2N2O3. The number of aryl methyl sites for hydroxylation is 1. The minimum Gasteiger partial charge on any atom is -0.484 e. The molecule has 0 spiro atoms. The Morgan fingerprint density at radius 3 is 2.38 bits per heavy atom. The van der Waals surface area contributed by atoms with E-state index in [4.69, 9.17) is 27.9 Å². The Kier molecular flexibility index (Phi) is 7.30. The lowest BCUT2D eigenvalue weighted by molar-refractivity contribution is -0.136. The number of halogens is 2. The molecule has 0 aromatic heterocycles. The fraction of sp³-hybridized carbons (Fsp3) is 0.263. The second-order valence-corrected chi connectivity index (χ2v) is 6.47. The third kappa shape index (κ3) is 5.64. The average molecular weight is 395 g/mol. The van der Waals surface area contributed by atoms with Gasteiger partial charge in [-0.05, 0) is 43.7 Å². The van der Waals surface area contributed by atoms with Crippen molar-refractivity contribution >= 4 is 40.7 Å². The van der Waals surface area contributed by atoms with E-state index in [2.05, 4.69) is 5.32 Å². The number of hydrogen-bond donors (Lipinski definition) is 1. The van der Waals surface area contributed by atoms with Gasteiger partial charge in [-0.15, -0.1) is 0 Å². The lowest BCUT2D eigenvalue weighted by Gasteiger charge is -2.21. The topological polar surface area (TPSA) is 58.6 Å². The van der Waals surface area contributed by atoms with Crippen LogP contribution in [0.4, 0.5) is 5.69 Å². The number of hydrogen-bond acceptors (Lipinski definition) is 3. The number of carbonyl (C=O) groups is 2. The van der Waals surface area contributed by atoms with E-state index in [1.54, 1.807) is 31.2 Å². The number of rotatable bonds is 7. The van der Waals surface area contributed by atoms with E-state index in [0.29, 0.717) is 28.0 Å². The van der Waals surface area contributed by atoms with Gasteiger partial charge < -0.3 is 15.0 Å². The molecule has 2 rings (SSSR count). The molecule has 0 radical (unpaired) electrons. The molecule has 0 aliphatic carbocycles. The zero-order valence-corrected chi connectivity index (χ0v) is 16.1. The number of benzene rings is 2. The maximum absolute atomic E-state index is 12.3. The van der Waals surface area contributed by atoms with Gasteiger partial charge >= 0.3 is 0 Å². The normalized spacial score (nSPS) is 10.3. The van der Waals surface area contributed by atoms with Crippen molar-refractivity contribution < 1.29 is 14.3 Å². The van der Waals surface area contributed by atoms with Crippen LogP contribution in [0.25, 0.3) is 0 Å². The van der Waals surface area contributed by atoms with Gasteiger partial charge in [-0.3, -0.25) is 9.59 Å². The standard InChI is InChI=1S/C19H20Cl2N2O3/c1-3-23(18(25)12-26-14-7-4-6-13(2)10-14)11-17(24)22-19-15(20)8-5-9-16(19)21/h4-10H,3,11-12H2,1-2H3,(H,22,24). The Morgan fingerprint density at radius 2 is 1.77 bits per heavy atom. The van der Waals surface area contributed by atoms with Crippen LogP contribution in [0, 0.1) is 6.92 Å². The first kappa shape index (κ1) is 20.1. The summed E-state index contributed by atoms with van der Waals surface area (Å²) < 4.78 is 5.50. The first-order valence-electron chi connectivity index (χ1n) is 8.11.